The molecule has 0 saturated carbocycles. The van der Waals surface area contributed by atoms with Gasteiger partial charge in [-0.1, -0.05) is 0 Å². The number of nitrogens with zero attached hydrogens (tertiary/aromatic N) is 4. The predicted octanol–water partition coefficient (Wildman–Crippen LogP) is 0.0449. The lowest BCUT2D eigenvalue weighted by Crippen LogP contribution is -2.50. The van der Waals surface area contributed by atoms with Crippen LogP contribution in [0.25, 0.3) is 0 Å². The highest BCUT2D eigenvalue weighted by Gasteiger charge is 2.25. The summed E-state index contributed by atoms with van der Waals surface area (Å²) in [5.74, 6) is 0.924. The van der Waals surface area contributed by atoms with Crippen molar-refractivity contribution < 1.29 is 4.79 Å². The first-order chi connectivity index (χ1) is 9.75. The van der Waals surface area contributed by atoms with E-state index in [9.17, 15) is 4.79 Å². The van der Waals surface area contributed by atoms with Gasteiger partial charge >= 0.3 is 0 Å². The van der Waals surface area contributed by atoms with Gasteiger partial charge < -0.3 is 15.1 Å². The number of carbonyl (C=O) groups is 1. The molecule has 0 aromatic carbocycles. The topological polar surface area (TPSA) is 61.4 Å². The van der Waals surface area contributed by atoms with Crippen LogP contribution >= 0.6 is 0 Å². The minimum atomic E-state index is 0.176. The Hall–Kier alpha value is -1.95. The lowest BCUT2D eigenvalue weighted by atomic mass is 10.0. The van der Waals surface area contributed by atoms with Gasteiger partial charge in [0.1, 0.15) is 0 Å². The number of aromatic nitrogens is 2. The van der Waals surface area contributed by atoms with Crippen LogP contribution in [0.5, 0.6) is 0 Å². The van der Waals surface area contributed by atoms with Crippen LogP contribution < -0.4 is 10.2 Å². The van der Waals surface area contributed by atoms with E-state index < -0.39 is 0 Å². The number of nitrogens with one attached hydrogen (secondary N) is 1. The molecule has 1 amide bonds. The zero-order valence-electron chi connectivity index (χ0n) is 11.7. The van der Waals surface area contributed by atoms with Gasteiger partial charge in [0, 0.05) is 57.2 Å². The van der Waals surface area contributed by atoms with Gasteiger partial charge in [-0.05, 0) is 18.6 Å². The third-order valence-electron chi connectivity index (χ3n) is 3.93. The molecule has 106 valence electrons. The van der Waals surface area contributed by atoms with Crippen molar-refractivity contribution in [2.75, 3.05) is 44.2 Å². The number of piperazine rings is 1. The molecule has 0 atom stereocenters. The number of hydrogen-bond acceptors (Lipinski definition) is 5. The number of anilines is 1. The molecule has 0 aliphatic carbocycles. The molecule has 1 aromatic heterocycles. The zero-order chi connectivity index (χ0) is 13.9. The van der Waals surface area contributed by atoms with E-state index in [2.05, 4.69) is 20.2 Å². The fraction of sp³-hybridized carbons (Fsp3) is 0.500. The molecule has 0 spiro atoms. The molecule has 2 saturated heterocycles. The molecular weight excluding hydrogens is 254 g/mol. The normalized spacial score (nSPS) is 18.8. The van der Waals surface area contributed by atoms with Gasteiger partial charge in [0.25, 0.3) is 0 Å². The molecule has 2 aliphatic heterocycles. The van der Waals surface area contributed by atoms with Crippen LogP contribution in [0.4, 0.5) is 5.95 Å². The van der Waals surface area contributed by atoms with Crippen LogP contribution in [-0.4, -0.2) is 60.0 Å². The molecule has 6 nitrogen and oxygen atoms in total. The van der Waals surface area contributed by atoms with Gasteiger partial charge in [-0.15, -0.1) is 0 Å². The average molecular weight is 273 g/mol. The molecule has 3 rings (SSSR count). The van der Waals surface area contributed by atoms with Crippen molar-refractivity contribution in [3.63, 3.8) is 0 Å². The quantitative estimate of drug-likeness (QED) is 0.771. The Labute approximate surface area is 118 Å². The summed E-state index contributed by atoms with van der Waals surface area (Å²) >= 11 is 0. The standard InChI is InChI=1S/C14H19N5O/c1-11(12-9-15-10-12)13(20)18-5-7-19(8-6-18)14-16-3-2-4-17-14/h2-4,15H,5-10H2,1H3. The van der Waals surface area contributed by atoms with Crippen LogP contribution in [0.3, 0.4) is 0 Å². The minimum Gasteiger partial charge on any atom is -0.337 e. The van der Waals surface area contributed by atoms with E-state index in [0.717, 1.165) is 50.8 Å². The Morgan fingerprint density at radius 2 is 1.80 bits per heavy atom. The molecule has 20 heavy (non-hydrogen) atoms. The number of rotatable bonds is 2. The Bertz CT molecular complexity index is 514. The molecule has 6 heteroatoms. The van der Waals surface area contributed by atoms with Gasteiger partial charge in [0.15, 0.2) is 0 Å². The van der Waals surface area contributed by atoms with Gasteiger partial charge in [0.05, 0.1) is 0 Å². The van der Waals surface area contributed by atoms with E-state index >= 15 is 0 Å². The van der Waals surface area contributed by atoms with E-state index in [0.29, 0.717) is 0 Å². The summed E-state index contributed by atoms with van der Waals surface area (Å²) < 4.78 is 0. The molecule has 1 aromatic rings. The minimum absolute atomic E-state index is 0.176. The molecule has 2 aliphatic rings. The number of carbonyl (C=O) groups excluding carboxylic acids is 1. The third-order valence-corrected chi connectivity index (χ3v) is 3.93. The van der Waals surface area contributed by atoms with E-state index in [1.165, 1.54) is 5.57 Å². The molecular formula is C14H19N5O. The van der Waals surface area contributed by atoms with Crippen LogP contribution in [0.15, 0.2) is 29.6 Å². The lowest BCUT2D eigenvalue weighted by Gasteiger charge is -2.35. The first-order valence-electron chi connectivity index (χ1n) is 6.96. The summed E-state index contributed by atoms with van der Waals surface area (Å²) in [6.45, 7) is 6.69. The summed E-state index contributed by atoms with van der Waals surface area (Å²) in [6, 6.07) is 1.81. The monoisotopic (exact) mass is 273 g/mol. The highest BCUT2D eigenvalue weighted by atomic mass is 16.2. The predicted molar refractivity (Wildman–Crippen MR) is 76.4 cm³/mol. The Balaban J connectivity index is 1.60. The smallest absolute Gasteiger partial charge is 0.249 e. The number of amides is 1. The van der Waals surface area contributed by atoms with Crippen molar-refractivity contribution in [2.45, 2.75) is 6.92 Å². The van der Waals surface area contributed by atoms with Crippen molar-refractivity contribution in [1.29, 1.82) is 0 Å². The summed E-state index contributed by atoms with van der Waals surface area (Å²) in [5.41, 5.74) is 2.15. The molecule has 0 bridgehead atoms. The largest absolute Gasteiger partial charge is 0.337 e. The fourth-order valence-corrected chi connectivity index (χ4v) is 2.47. The highest BCUT2D eigenvalue weighted by Crippen LogP contribution is 2.15. The van der Waals surface area contributed by atoms with Crippen molar-refractivity contribution in [1.82, 2.24) is 20.2 Å². The Morgan fingerprint density at radius 1 is 1.15 bits per heavy atom. The lowest BCUT2D eigenvalue weighted by molar-refractivity contribution is -0.127. The zero-order valence-corrected chi connectivity index (χ0v) is 11.7. The second-order valence-electron chi connectivity index (χ2n) is 5.16. The van der Waals surface area contributed by atoms with Crippen LogP contribution in [0, 0.1) is 0 Å². The van der Waals surface area contributed by atoms with Crippen molar-refractivity contribution in [3.05, 3.63) is 29.6 Å². The van der Waals surface area contributed by atoms with Crippen molar-refractivity contribution in [3.8, 4) is 0 Å². The molecule has 2 fully saturated rings. The second kappa shape index (κ2) is 5.58. The van der Waals surface area contributed by atoms with Gasteiger partial charge in [-0.25, -0.2) is 9.97 Å². The van der Waals surface area contributed by atoms with Crippen molar-refractivity contribution >= 4 is 11.9 Å². The molecule has 1 N–H and O–H groups in total. The molecule has 3 heterocycles. The SMILES string of the molecule is CC(C(=O)N1CCN(c2ncccn2)CC1)=C1CNC1. The van der Waals surface area contributed by atoms with Crippen molar-refractivity contribution in [2.24, 2.45) is 0 Å². The maximum absolute atomic E-state index is 12.4. The van der Waals surface area contributed by atoms with E-state index in [1.807, 2.05) is 17.9 Å². The first kappa shape index (κ1) is 13.1. The summed E-state index contributed by atoms with van der Waals surface area (Å²) in [6.07, 6.45) is 3.50. The van der Waals surface area contributed by atoms with E-state index in [4.69, 9.17) is 0 Å². The first-order valence-corrected chi connectivity index (χ1v) is 6.96. The fourth-order valence-electron chi connectivity index (χ4n) is 2.47. The highest BCUT2D eigenvalue weighted by molar-refractivity contribution is 5.94. The Morgan fingerprint density at radius 3 is 2.35 bits per heavy atom. The average Bonchev–Trinajstić information content (AvgIpc) is 2.46. The summed E-state index contributed by atoms with van der Waals surface area (Å²) in [5, 5.41) is 3.18. The Kier molecular flexibility index (Phi) is 3.64. The van der Waals surface area contributed by atoms with E-state index in [1.54, 1.807) is 12.4 Å². The number of hydrogen-bond donors (Lipinski definition) is 1. The molecule has 0 unspecified atom stereocenters. The van der Waals surface area contributed by atoms with Gasteiger partial charge in [0.2, 0.25) is 11.9 Å². The van der Waals surface area contributed by atoms with Crippen LogP contribution in [0.2, 0.25) is 0 Å². The van der Waals surface area contributed by atoms with Crippen LogP contribution in [0.1, 0.15) is 6.92 Å². The van der Waals surface area contributed by atoms with Gasteiger partial charge in [-0.3, -0.25) is 4.79 Å². The third kappa shape index (κ3) is 2.51. The summed E-state index contributed by atoms with van der Waals surface area (Å²) in [7, 11) is 0. The summed E-state index contributed by atoms with van der Waals surface area (Å²) in [4.78, 5) is 24.9. The van der Waals surface area contributed by atoms with Gasteiger partial charge in [-0.2, -0.15) is 0 Å². The molecule has 0 radical (unpaired) electrons. The maximum Gasteiger partial charge on any atom is 0.249 e. The second-order valence-corrected chi connectivity index (χ2v) is 5.16. The maximum atomic E-state index is 12.4. The van der Waals surface area contributed by atoms with E-state index in [-0.39, 0.29) is 5.91 Å². The van der Waals surface area contributed by atoms with Crippen LogP contribution in [-0.2, 0) is 4.79 Å².